The summed E-state index contributed by atoms with van der Waals surface area (Å²) in [5.41, 5.74) is 6.95. The first-order valence-corrected chi connectivity index (χ1v) is 18.1. The summed E-state index contributed by atoms with van der Waals surface area (Å²) in [6, 6.07) is 0. The Labute approximate surface area is 321 Å². The Morgan fingerprint density at radius 2 is 0.887 bits per heavy atom. The molecule has 1 aromatic heterocycles. The third-order valence-corrected chi connectivity index (χ3v) is 10.5. The molecule has 0 saturated heterocycles. The van der Waals surface area contributed by atoms with Gasteiger partial charge in [0.1, 0.15) is 0 Å². The van der Waals surface area contributed by atoms with Crippen molar-refractivity contribution in [1.82, 2.24) is 4.98 Å². The average molecular weight is 746 g/mol. The van der Waals surface area contributed by atoms with E-state index in [0.29, 0.717) is 40.1 Å². The Hall–Kier alpha value is -4.98. The smallest absolute Gasteiger partial charge is 0.441 e. The fraction of sp³-hybridized carbons (Fsp3) is 0.318. The number of nitrogens with zero attached hydrogens (tertiary/aromatic N) is 8. The zero-order valence-electron chi connectivity index (χ0n) is 31.3. The van der Waals surface area contributed by atoms with Crippen LogP contribution in [0, 0.1) is 27.6 Å². The number of amidine groups is 4. The van der Waals surface area contributed by atoms with E-state index in [2.05, 4.69) is 153 Å². The van der Waals surface area contributed by atoms with Crippen LogP contribution >= 0.6 is 0 Å². The van der Waals surface area contributed by atoms with E-state index in [0.717, 1.165) is 39.0 Å². The van der Waals surface area contributed by atoms with Crippen LogP contribution in [-0.2, 0) is 17.1 Å². The third-order valence-electron chi connectivity index (χ3n) is 10.5. The summed E-state index contributed by atoms with van der Waals surface area (Å²) in [6.45, 7) is 17.5. The molecule has 5 heterocycles. The first-order chi connectivity index (χ1) is 24.6. The molecule has 0 spiro atoms. The van der Waals surface area contributed by atoms with Gasteiger partial charge < -0.3 is 25.3 Å². The zero-order chi connectivity index (χ0) is 36.2. The molecule has 9 rings (SSSR count). The molecular formula is C44H42CuN8. The third kappa shape index (κ3) is 6.30. The molecule has 8 aliphatic rings. The van der Waals surface area contributed by atoms with E-state index in [4.69, 9.17) is 40.3 Å². The molecule has 2 atom stereocenters. The molecule has 2 unspecified atom stereocenters. The van der Waals surface area contributed by atoms with Gasteiger partial charge in [0.15, 0.2) is 5.84 Å². The molecule has 0 aromatic carbocycles. The van der Waals surface area contributed by atoms with E-state index < -0.39 is 6.17 Å². The van der Waals surface area contributed by atoms with Gasteiger partial charge in [-0.3, -0.25) is 4.99 Å². The second kappa shape index (κ2) is 12.0. The Morgan fingerprint density at radius 1 is 0.472 bits per heavy atom. The van der Waals surface area contributed by atoms with Crippen molar-refractivity contribution in [1.29, 1.82) is 0 Å². The monoisotopic (exact) mass is 745 g/mol. The Balaban J connectivity index is 0.00000400. The molecule has 9 heteroatoms. The van der Waals surface area contributed by atoms with Crippen molar-refractivity contribution in [3.63, 3.8) is 0 Å². The van der Waals surface area contributed by atoms with Gasteiger partial charge in [0.25, 0.3) is 0 Å². The Bertz CT molecular complexity index is 2480. The molecule has 53 heavy (non-hydrogen) atoms. The molecule has 8 nitrogen and oxygen atoms in total. The average Bonchev–Trinajstić information content (AvgIpc) is 3.62. The maximum atomic E-state index is 5.32. The maximum absolute atomic E-state index is 5.32. The molecule has 4 aliphatic heterocycles. The van der Waals surface area contributed by atoms with Crippen LogP contribution in [0.3, 0.4) is 0 Å². The number of hydrogen-bond donors (Lipinski definition) is 0. The number of rotatable bonds is 0. The first kappa shape index (κ1) is 35.1. The number of aliphatic imine (C=N–C) groups is 4. The molecule has 0 N–H and O–H groups in total. The van der Waals surface area contributed by atoms with Crippen molar-refractivity contribution in [3.05, 3.63) is 146 Å². The Kier molecular flexibility index (Phi) is 7.95. The van der Waals surface area contributed by atoms with E-state index in [1.807, 2.05) is 0 Å². The molecule has 0 amide bonds. The first-order valence-electron chi connectivity index (χ1n) is 18.1. The van der Waals surface area contributed by atoms with Gasteiger partial charge in [-0.1, -0.05) is 158 Å². The van der Waals surface area contributed by atoms with Gasteiger partial charge in [-0.05, 0) is 16.7 Å². The summed E-state index contributed by atoms with van der Waals surface area (Å²) in [6.07, 6.45) is 34.2. The molecule has 0 saturated carbocycles. The van der Waals surface area contributed by atoms with Crippen LogP contribution in [0.15, 0.2) is 149 Å². The van der Waals surface area contributed by atoms with Gasteiger partial charge in [0, 0.05) is 60.8 Å². The SMILES string of the molecule is CC1(C)C=CC2=C(C=C1)/C1=N/C3=C4C=CC(C)(C)C=CC4C(/N=C4\N=C(N=c5[n-]c(c6c5C=CC(C)(C)C=C6)=NC2=N1)C1=C4C=CC(C)(C)C=C1)[N-]3.[Cu+2]. The fourth-order valence-corrected chi connectivity index (χ4v) is 7.17. The minimum absolute atomic E-state index is 0. The van der Waals surface area contributed by atoms with Gasteiger partial charge >= 0.3 is 17.1 Å². The van der Waals surface area contributed by atoms with Crippen LogP contribution in [0.2, 0.25) is 0 Å². The van der Waals surface area contributed by atoms with E-state index in [1.165, 1.54) is 0 Å². The van der Waals surface area contributed by atoms with Crippen molar-refractivity contribution in [2.45, 2.75) is 61.6 Å². The van der Waals surface area contributed by atoms with Crippen LogP contribution in [0.1, 0.15) is 66.5 Å². The normalized spacial score (nSPS) is 29.0. The predicted octanol–water partition coefficient (Wildman–Crippen LogP) is 8.17. The summed E-state index contributed by atoms with van der Waals surface area (Å²) < 4.78 is 0. The summed E-state index contributed by atoms with van der Waals surface area (Å²) in [5, 5.41) is 5.21. The van der Waals surface area contributed by atoms with Crippen LogP contribution in [-0.4, -0.2) is 29.5 Å². The topological polar surface area (TPSA) is 102 Å². The minimum atomic E-state index is -0.473. The van der Waals surface area contributed by atoms with Crippen LogP contribution < -0.4 is 16.0 Å². The minimum Gasteiger partial charge on any atom is -0.441 e. The largest absolute Gasteiger partial charge is 2.00 e. The molecular weight excluding hydrogens is 704 g/mol. The molecule has 8 bridgehead atoms. The van der Waals surface area contributed by atoms with Gasteiger partial charge in [-0.15, -0.1) is 0 Å². The van der Waals surface area contributed by atoms with Gasteiger partial charge in [-0.25, -0.2) is 9.98 Å². The summed E-state index contributed by atoms with van der Waals surface area (Å²) in [5.74, 6) is 2.80. The van der Waals surface area contributed by atoms with E-state index in [-0.39, 0.29) is 44.6 Å². The maximum Gasteiger partial charge on any atom is 2.00 e. The second-order valence-corrected chi connectivity index (χ2v) is 17.0. The number of fused-ring (bicyclic) bond motifs is 15. The second-order valence-electron chi connectivity index (χ2n) is 17.0. The van der Waals surface area contributed by atoms with Crippen LogP contribution in [0.25, 0.3) is 17.5 Å². The van der Waals surface area contributed by atoms with E-state index >= 15 is 0 Å². The molecule has 1 radical (unpaired) electrons. The van der Waals surface area contributed by atoms with Gasteiger partial charge in [0.2, 0.25) is 0 Å². The van der Waals surface area contributed by atoms with Crippen molar-refractivity contribution in [3.8, 4) is 0 Å². The standard InChI is InChI=1S/C44H42N8.Cu/c1-41(2)17-9-25-26(10-18-41)34-45-33(25)49-35-27-11-19-42(3,4)21-13-29(27)37(46-35)51-39-31-15-23-44(7,8)24-16-32(31)40(48-39)52-38-30-14-22-43(5,6)20-12-28(30)36(47-38)50-34;/h9-25,33H,1-8H3;/q-2;+2. The van der Waals surface area contributed by atoms with Gasteiger partial charge in [0.05, 0.1) is 23.7 Å². The van der Waals surface area contributed by atoms with Gasteiger partial charge in [-0.2, -0.15) is 0 Å². The summed E-state index contributed by atoms with van der Waals surface area (Å²) in [7, 11) is 0. The van der Waals surface area contributed by atoms with Crippen LogP contribution in [0.4, 0.5) is 0 Å². The van der Waals surface area contributed by atoms with Crippen molar-refractivity contribution < 1.29 is 17.1 Å². The van der Waals surface area contributed by atoms with Crippen molar-refractivity contribution in [2.75, 3.05) is 0 Å². The molecule has 0 fully saturated rings. The number of hydrogen-bond acceptors (Lipinski definition) is 6. The predicted molar refractivity (Wildman–Crippen MR) is 212 cm³/mol. The molecule has 1 aromatic rings. The van der Waals surface area contributed by atoms with Crippen LogP contribution in [0.5, 0.6) is 0 Å². The quantitative estimate of drug-likeness (QED) is 0.194. The van der Waals surface area contributed by atoms with Crippen molar-refractivity contribution in [2.24, 2.45) is 57.5 Å². The zero-order valence-corrected chi connectivity index (χ0v) is 32.2. The number of aromatic nitrogens is 1. The van der Waals surface area contributed by atoms with E-state index in [9.17, 15) is 0 Å². The fourth-order valence-electron chi connectivity index (χ4n) is 7.17. The number of allylic oxidation sites excluding steroid dienone is 9. The van der Waals surface area contributed by atoms with E-state index in [1.54, 1.807) is 0 Å². The molecule has 4 aliphatic carbocycles. The summed E-state index contributed by atoms with van der Waals surface area (Å²) in [4.78, 5) is 36.3. The summed E-state index contributed by atoms with van der Waals surface area (Å²) >= 11 is 0. The Morgan fingerprint density at radius 3 is 1.42 bits per heavy atom. The van der Waals surface area contributed by atoms with Crippen molar-refractivity contribution >= 4 is 35.5 Å². The molecule has 269 valence electrons.